The van der Waals surface area contributed by atoms with Crippen LogP contribution in [0.25, 0.3) is 0 Å². The summed E-state index contributed by atoms with van der Waals surface area (Å²) in [5, 5.41) is 3.90. The highest BCUT2D eigenvalue weighted by molar-refractivity contribution is 5.34. The maximum Gasteiger partial charge on any atom is 0.0376 e. The zero-order valence-corrected chi connectivity index (χ0v) is 13.0. The van der Waals surface area contributed by atoms with Crippen LogP contribution in [0.2, 0.25) is 0 Å². The topological polar surface area (TPSA) is 12.0 Å². The largest absolute Gasteiger partial charge is 0.307 e. The minimum absolute atomic E-state index is 0.356. The van der Waals surface area contributed by atoms with Crippen molar-refractivity contribution >= 4 is 0 Å². The molecule has 1 heteroatoms. The Morgan fingerprint density at radius 3 is 2.79 bits per heavy atom. The summed E-state index contributed by atoms with van der Waals surface area (Å²) in [6.45, 7) is 9.43. The molecule has 1 aromatic rings. The number of fused-ring (bicyclic) bond motifs is 1. The second kappa shape index (κ2) is 6.09. The lowest BCUT2D eigenvalue weighted by Gasteiger charge is -2.42. The number of aryl methyl sites for hydroxylation is 1. The number of hydrogen-bond acceptors (Lipinski definition) is 1. The van der Waals surface area contributed by atoms with E-state index >= 15 is 0 Å². The number of unbranched alkanes of at least 4 members (excludes halogenated alkanes) is 1. The zero-order chi connectivity index (χ0) is 13.9. The molecule has 19 heavy (non-hydrogen) atoms. The Bertz CT molecular complexity index is 408. The molecule has 0 bridgehead atoms. The van der Waals surface area contributed by atoms with E-state index in [1.807, 2.05) is 0 Å². The minimum atomic E-state index is 0.356. The molecule has 1 aromatic carbocycles. The molecule has 0 amide bonds. The molecule has 1 N–H and O–H groups in total. The van der Waals surface area contributed by atoms with Gasteiger partial charge in [0.2, 0.25) is 0 Å². The van der Waals surface area contributed by atoms with E-state index in [9.17, 15) is 0 Å². The molecular weight excluding hydrogens is 230 g/mol. The Morgan fingerprint density at radius 1 is 1.32 bits per heavy atom. The second-order valence-electron chi connectivity index (χ2n) is 6.83. The normalized spacial score (nSPS) is 22.8. The van der Waals surface area contributed by atoms with Crippen LogP contribution in [-0.4, -0.2) is 6.04 Å². The lowest BCUT2D eigenvalue weighted by Crippen LogP contribution is -2.42. The fraction of sp³-hybridized carbons (Fsp3) is 0.667. The van der Waals surface area contributed by atoms with Crippen molar-refractivity contribution < 1.29 is 0 Å². The smallest absolute Gasteiger partial charge is 0.0376 e. The van der Waals surface area contributed by atoms with Crippen LogP contribution in [-0.2, 0) is 6.42 Å². The molecule has 1 aliphatic carbocycles. The fourth-order valence-corrected chi connectivity index (χ4v) is 3.26. The van der Waals surface area contributed by atoms with Gasteiger partial charge in [-0.2, -0.15) is 0 Å². The SMILES string of the molecule is CCCCC(C)NC1c2ccccc2CCC1(C)C. The van der Waals surface area contributed by atoms with Gasteiger partial charge in [-0.3, -0.25) is 0 Å². The van der Waals surface area contributed by atoms with E-state index in [1.165, 1.54) is 37.7 Å². The van der Waals surface area contributed by atoms with Crippen LogP contribution in [0.4, 0.5) is 0 Å². The molecule has 2 rings (SSSR count). The number of benzene rings is 1. The zero-order valence-electron chi connectivity index (χ0n) is 13.0. The van der Waals surface area contributed by atoms with Gasteiger partial charge >= 0.3 is 0 Å². The van der Waals surface area contributed by atoms with E-state index < -0.39 is 0 Å². The molecule has 2 unspecified atom stereocenters. The summed E-state index contributed by atoms with van der Waals surface area (Å²) in [6, 6.07) is 10.1. The summed E-state index contributed by atoms with van der Waals surface area (Å²) >= 11 is 0. The molecule has 0 saturated carbocycles. The van der Waals surface area contributed by atoms with Crippen molar-refractivity contribution in [1.29, 1.82) is 0 Å². The van der Waals surface area contributed by atoms with E-state index in [0.29, 0.717) is 17.5 Å². The summed E-state index contributed by atoms with van der Waals surface area (Å²) in [6.07, 6.45) is 6.40. The highest BCUT2D eigenvalue weighted by Crippen LogP contribution is 2.43. The third kappa shape index (κ3) is 3.39. The molecule has 0 heterocycles. The monoisotopic (exact) mass is 259 g/mol. The summed E-state index contributed by atoms with van der Waals surface area (Å²) in [7, 11) is 0. The Balaban J connectivity index is 2.16. The molecule has 106 valence electrons. The van der Waals surface area contributed by atoms with Crippen LogP contribution in [0.5, 0.6) is 0 Å². The average Bonchev–Trinajstić information content (AvgIpc) is 2.40. The number of hydrogen-bond donors (Lipinski definition) is 1. The number of nitrogens with one attached hydrogen (secondary N) is 1. The van der Waals surface area contributed by atoms with E-state index in [4.69, 9.17) is 0 Å². The first-order valence-electron chi connectivity index (χ1n) is 7.88. The number of rotatable bonds is 5. The highest BCUT2D eigenvalue weighted by Gasteiger charge is 2.35. The molecule has 1 nitrogen and oxygen atoms in total. The van der Waals surface area contributed by atoms with Gasteiger partial charge in [0.25, 0.3) is 0 Å². The van der Waals surface area contributed by atoms with Crippen LogP contribution in [0.15, 0.2) is 24.3 Å². The van der Waals surface area contributed by atoms with Crippen molar-refractivity contribution in [1.82, 2.24) is 5.32 Å². The van der Waals surface area contributed by atoms with Gasteiger partial charge in [-0.15, -0.1) is 0 Å². The average molecular weight is 259 g/mol. The van der Waals surface area contributed by atoms with Crippen molar-refractivity contribution in [2.45, 2.75) is 71.9 Å². The van der Waals surface area contributed by atoms with Gasteiger partial charge in [-0.05, 0) is 42.7 Å². The quantitative estimate of drug-likeness (QED) is 0.795. The van der Waals surface area contributed by atoms with Crippen LogP contribution < -0.4 is 5.32 Å². The Kier molecular flexibility index (Phi) is 4.67. The third-order valence-corrected chi connectivity index (χ3v) is 4.63. The molecule has 0 fully saturated rings. The van der Waals surface area contributed by atoms with E-state index in [0.717, 1.165) is 0 Å². The fourth-order valence-electron chi connectivity index (χ4n) is 3.26. The molecule has 0 radical (unpaired) electrons. The van der Waals surface area contributed by atoms with Crippen molar-refractivity contribution in [3.63, 3.8) is 0 Å². The first-order chi connectivity index (χ1) is 9.04. The first kappa shape index (κ1) is 14.6. The van der Waals surface area contributed by atoms with Crippen molar-refractivity contribution in [3.8, 4) is 0 Å². The van der Waals surface area contributed by atoms with Gasteiger partial charge in [-0.1, -0.05) is 57.9 Å². The lowest BCUT2D eigenvalue weighted by molar-refractivity contribution is 0.193. The molecule has 0 spiro atoms. The molecule has 0 saturated heterocycles. The predicted octanol–water partition coefficient (Wildman–Crippen LogP) is 4.87. The molecule has 2 atom stereocenters. The maximum atomic E-state index is 3.90. The predicted molar refractivity (Wildman–Crippen MR) is 83.4 cm³/mol. The summed E-state index contributed by atoms with van der Waals surface area (Å²) in [5.74, 6) is 0. The van der Waals surface area contributed by atoms with Crippen LogP contribution in [0, 0.1) is 5.41 Å². The third-order valence-electron chi connectivity index (χ3n) is 4.63. The van der Waals surface area contributed by atoms with Crippen molar-refractivity contribution in [2.24, 2.45) is 5.41 Å². The Morgan fingerprint density at radius 2 is 2.05 bits per heavy atom. The van der Waals surface area contributed by atoms with Crippen molar-refractivity contribution in [2.75, 3.05) is 0 Å². The van der Waals surface area contributed by atoms with Crippen LogP contribution in [0.1, 0.15) is 70.5 Å². The molecular formula is C18H29N. The van der Waals surface area contributed by atoms with E-state index in [-0.39, 0.29) is 0 Å². The van der Waals surface area contributed by atoms with Crippen LogP contribution in [0.3, 0.4) is 0 Å². The van der Waals surface area contributed by atoms with Crippen LogP contribution >= 0.6 is 0 Å². The summed E-state index contributed by atoms with van der Waals surface area (Å²) in [5.41, 5.74) is 3.43. The maximum absolute atomic E-state index is 3.90. The van der Waals surface area contributed by atoms with Gasteiger partial charge in [0, 0.05) is 12.1 Å². The van der Waals surface area contributed by atoms with Gasteiger partial charge < -0.3 is 5.32 Å². The Hall–Kier alpha value is -0.820. The summed E-state index contributed by atoms with van der Waals surface area (Å²) in [4.78, 5) is 0. The first-order valence-corrected chi connectivity index (χ1v) is 7.88. The molecule has 0 aliphatic heterocycles. The second-order valence-corrected chi connectivity index (χ2v) is 6.83. The standard InChI is InChI=1S/C18H29N/c1-5-6-9-14(2)19-17-16-11-8-7-10-15(16)12-13-18(17,3)4/h7-8,10-11,14,17,19H,5-6,9,12-13H2,1-4H3. The molecule has 1 aliphatic rings. The van der Waals surface area contributed by atoms with Crippen molar-refractivity contribution in [3.05, 3.63) is 35.4 Å². The van der Waals surface area contributed by atoms with Gasteiger partial charge in [0.1, 0.15) is 0 Å². The lowest BCUT2D eigenvalue weighted by atomic mass is 9.70. The van der Waals surface area contributed by atoms with Gasteiger partial charge in [0.15, 0.2) is 0 Å². The van der Waals surface area contributed by atoms with Gasteiger partial charge in [-0.25, -0.2) is 0 Å². The van der Waals surface area contributed by atoms with Gasteiger partial charge in [0.05, 0.1) is 0 Å². The minimum Gasteiger partial charge on any atom is -0.307 e. The Labute approximate surface area is 118 Å². The molecule has 0 aromatic heterocycles. The summed E-state index contributed by atoms with van der Waals surface area (Å²) < 4.78 is 0. The van der Waals surface area contributed by atoms with E-state index in [1.54, 1.807) is 5.56 Å². The van der Waals surface area contributed by atoms with E-state index in [2.05, 4.69) is 57.3 Å². The highest BCUT2D eigenvalue weighted by atomic mass is 15.0.